The molecule has 80 valence electrons. The van der Waals surface area contributed by atoms with E-state index in [1.807, 2.05) is 0 Å². The molecule has 2 nitrogen and oxygen atoms in total. The fourth-order valence-electron chi connectivity index (χ4n) is 1.51. The van der Waals surface area contributed by atoms with Crippen molar-refractivity contribution in [3.05, 3.63) is 29.8 Å². The summed E-state index contributed by atoms with van der Waals surface area (Å²) >= 11 is 0. The molecule has 0 N–H and O–H groups in total. The van der Waals surface area contributed by atoms with Gasteiger partial charge in [-0.05, 0) is 17.7 Å². The zero-order chi connectivity index (χ0) is 11.1. The zero-order valence-electron chi connectivity index (χ0n) is 8.17. The van der Waals surface area contributed by atoms with Crippen LogP contribution in [0.25, 0.3) is 0 Å². The van der Waals surface area contributed by atoms with Gasteiger partial charge in [-0.2, -0.15) is 0 Å². The van der Waals surface area contributed by atoms with E-state index in [9.17, 15) is 13.6 Å². The summed E-state index contributed by atoms with van der Waals surface area (Å²) in [4.78, 5) is 10.6. The highest BCUT2D eigenvalue weighted by molar-refractivity contribution is 5.69. The van der Waals surface area contributed by atoms with Crippen LogP contribution in [0.4, 0.5) is 8.78 Å². The second kappa shape index (κ2) is 3.29. The minimum absolute atomic E-state index is 0.0834. The molecule has 1 aromatic rings. The summed E-state index contributed by atoms with van der Waals surface area (Å²) in [6.07, 6.45) is -0.0834. The largest absolute Gasteiger partial charge is 0.427 e. The van der Waals surface area contributed by atoms with Crippen LogP contribution in [0, 0.1) is 0 Å². The van der Waals surface area contributed by atoms with E-state index in [0.29, 0.717) is 11.3 Å². The van der Waals surface area contributed by atoms with Crippen molar-refractivity contribution in [2.75, 3.05) is 0 Å². The van der Waals surface area contributed by atoms with Crippen molar-refractivity contribution >= 4 is 5.97 Å². The second-order valence-corrected chi connectivity index (χ2v) is 3.68. The molecule has 1 atom stereocenters. The minimum atomic E-state index is -2.55. The topological polar surface area (TPSA) is 26.3 Å². The van der Waals surface area contributed by atoms with Crippen LogP contribution in [-0.4, -0.2) is 11.9 Å². The molecule has 1 unspecified atom stereocenters. The Kier molecular flexibility index (Phi) is 2.21. The number of benzene rings is 1. The van der Waals surface area contributed by atoms with E-state index in [4.69, 9.17) is 4.74 Å². The van der Waals surface area contributed by atoms with Crippen molar-refractivity contribution in [1.29, 1.82) is 0 Å². The molecule has 0 bridgehead atoms. The second-order valence-electron chi connectivity index (χ2n) is 3.68. The summed E-state index contributed by atoms with van der Waals surface area (Å²) in [6.45, 7) is 1.29. The van der Waals surface area contributed by atoms with Crippen molar-refractivity contribution in [3.63, 3.8) is 0 Å². The Labute approximate surface area is 85.9 Å². The monoisotopic (exact) mass is 212 g/mol. The number of hydrogen-bond acceptors (Lipinski definition) is 2. The minimum Gasteiger partial charge on any atom is -0.427 e. The highest BCUT2D eigenvalue weighted by atomic mass is 19.3. The molecule has 0 saturated heterocycles. The van der Waals surface area contributed by atoms with Gasteiger partial charge in [-0.25, -0.2) is 8.78 Å². The van der Waals surface area contributed by atoms with E-state index in [-0.39, 0.29) is 6.42 Å². The van der Waals surface area contributed by atoms with E-state index in [1.54, 1.807) is 12.1 Å². The fourth-order valence-corrected chi connectivity index (χ4v) is 1.51. The van der Waals surface area contributed by atoms with Crippen LogP contribution in [0.2, 0.25) is 0 Å². The number of halogens is 2. The van der Waals surface area contributed by atoms with Crippen LogP contribution in [-0.2, 0) is 4.79 Å². The lowest BCUT2D eigenvalue weighted by atomic mass is 10.1. The van der Waals surface area contributed by atoms with Gasteiger partial charge in [0.2, 0.25) is 0 Å². The number of hydrogen-bond donors (Lipinski definition) is 0. The molecule has 0 heterocycles. The summed E-state index contributed by atoms with van der Waals surface area (Å²) < 4.78 is 30.2. The number of rotatable bonds is 2. The van der Waals surface area contributed by atoms with E-state index in [0.717, 1.165) is 0 Å². The average Bonchev–Trinajstić information content (AvgIpc) is 2.75. The van der Waals surface area contributed by atoms with Gasteiger partial charge in [0.1, 0.15) is 5.75 Å². The molecular formula is C11H10F2O2. The van der Waals surface area contributed by atoms with Crippen LogP contribution >= 0.6 is 0 Å². The smallest absolute Gasteiger partial charge is 0.308 e. The molecule has 15 heavy (non-hydrogen) atoms. The maximum atomic E-state index is 12.7. The average molecular weight is 212 g/mol. The maximum Gasteiger partial charge on any atom is 0.308 e. The first-order chi connectivity index (χ1) is 6.99. The summed E-state index contributed by atoms with van der Waals surface area (Å²) in [5, 5.41) is 0. The Bertz CT molecular complexity index is 384. The SMILES string of the molecule is CC(=O)Oc1ccc(C2CC2(F)F)cc1. The van der Waals surface area contributed by atoms with Gasteiger partial charge in [0.05, 0.1) is 5.92 Å². The number of ether oxygens (including phenoxy) is 1. The third-order valence-corrected chi connectivity index (χ3v) is 2.37. The Hall–Kier alpha value is -1.45. The van der Waals surface area contributed by atoms with Gasteiger partial charge in [0.15, 0.2) is 0 Å². The van der Waals surface area contributed by atoms with Gasteiger partial charge in [-0.1, -0.05) is 12.1 Å². The van der Waals surface area contributed by atoms with Gasteiger partial charge in [0, 0.05) is 13.3 Å². The molecular weight excluding hydrogens is 202 g/mol. The van der Waals surface area contributed by atoms with Gasteiger partial charge >= 0.3 is 5.97 Å². The molecule has 1 aliphatic rings. The van der Waals surface area contributed by atoms with Crippen molar-refractivity contribution in [2.45, 2.75) is 25.2 Å². The Balaban J connectivity index is 2.08. The highest BCUT2D eigenvalue weighted by Gasteiger charge is 2.57. The Morgan fingerprint density at radius 1 is 1.40 bits per heavy atom. The predicted molar refractivity (Wildman–Crippen MR) is 50.1 cm³/mol. The van der Waals surface area contributed by atoms with Gasteiger partial charge in [-0.15, -0.1) is 0 Å². The van der Waals surface area contributed by atoms with E-state index >= 15 is 0 Å². The summed E-state index contributed by atoms with van der Waals surface area (Å²) in [5.74, 6) is -3.25. The Morgan fingerprint density at radius 3 is 2.33 bits per heavy atom. The molecule has 0 aliphatic heterocycles. The third kappa shape index (κ3) is 2.14. The molecule has 0 spiro atoms. The van der Waals surface area contributed by atoms with E-state index < -0.39 is 17.8 Å². The van der Waals surface area contributed by atoms with E-state index in [2.05, 4.69) is 0 Å². The van der Waals surface area contributed by atoms with Gasteiger partial charge in [0.25, 0.3) is 5.92 Å². The lowest BCUT2D eigenvalue weighted by Crippen LogP contribution is -2.01. The van der Waals surface area contributed by atoms with Crippen molar-refractivity contribution in [2.24, 2.45) is 0 Å². The first kappa shape index (κ1) is 10.1. The third-order valence-electron chi connectivity index (χ3n) is 2.37. The highest BCUT2D eigenvalue weighted by Crippen LogP contribution is 2.55. The summed E-state index contributed by atoms with van der Waals surface area (Å²) in [7, 11) is 0. The predicted octanol–water partition coefficient (Wildman–Crippen LogP) is 2.73. The summed E-state index contributed by atoms with van der Waals surface area (Å²) in [6, 6.07) is 6.21. The molecule has 1 aliphatic carbocycles. The fraction of sp³-hybridized carbons (Fsp3) is 0.364. The van der Waals surface area contributed by atoms with Crippen LogP contribution in [0.3, 0.4) is 0 Å². The quantitative estimate of drug-likeness (QED) is 0.556. The number of esters is 1. The van der Waals surface area contributed by atoms with Crippen molar-refractivity contribution < 1.29 is 18.3 Å². The molecule has 1 fully saturated rings. The number of carbonyl (C=O) groups excluding carboxylic acids is 1. The molecule has 0 aromatic heterocycles. The first-order valence-electron chi connectivity index (χ1n) is 4.65. The van der Waals surface area contributed by atoms with E-state index in [1.165, 1.54) is 19.1 Å². The van der Waals surface area contributed by atoms with Gasteiger partial charge < -0.3 is 4.74 Å². The number of carbonyl (C=O) groups is 1. The van der Waals surface area contributed by atoms with Crippen LogP contribution in [0.1, 0.15) is 24.8 Å². The van der Waals surface area contributed by atoms with Crippen molar-refractivity contribution in [3.8, 4) is 5.75 Å². The molecule has 1 saturated carbocycles. The summed E-state index contributed by atoms with van der Waals surface area (Å²) in [5.41, 5.74) is 0.593. The molecule has 1 aromatic carbocycles. The lowest BCUT2D eigenvalue weighted by Gasteiger charge is -2.02. The van der Waals surface area contributed by atoms with Crippen LogP contribution in [0.5, 0.6) is 5.75 Å². The standard InChI is InChI=1S/C11H10F2O2/c1-7(14)15-9-4-2-8(3-5-9)10-6-11(10,12)13/h2-5,10H,6H2,1H3. The van der Waals surface area contributed by atoms with Crippen molar-refractivity contribution in [1.82, 2.24) is 0 Å². The lowest BCUT2D eigenvalue weighted by molar-refractivity contribution is -0.131. The van der Waals surface area contributed by atoms with Gasteiger partial charge in [-0.3, -0.25) is 4.79 Å². The first-order valence-corrected chi connectivity index (χ1v) is 4.65. The maximum absolute atomic E-state index is 12.7. The van der Waals surface area contributed by atoms with Crippen LogP contribution in [0.15, 0.2) is 24.3 Å². The van der Waals surface area contributed by atoms with Crippen LogP contribution < -0.4 is 4.74 Å². The normalized spacial score (nSPS) is 22.2. The molecule has 0 radical (unpaired) electrons. The number of alkyl halides is 2. The molecule has 2 rings (SSSR count). The Morgan fingerprint density at radius 2 is 1.93 bits per heavy atom. The zero-order valence-corrected chi connectivity index (χ0v) is 8.17. The molecule has 0 amide bonds. The molecule has 4 heteroatoms.